The number of amides is 1. The summed E-state index contributed by atoms with van der Waals surface area (Å²) in [6.45, 7) is 5.30. The lowest BCUT2D eigenvalue weighted by Gasteiger charge is -2.19. The van der Waals surface area contributed by atoms with Gasteiger partial charge >= 0.3 is 5.69 Å². The molecule has 1 unspecified atom stereocenters. The van der Waals surface area contributed by atoms with Crippen LogP contribution in [0, 0.1) is 10.1 Å². The number of benzene rings is 3. The molecule has 0 saturated carbocycles. The number of ether oxygens (including phenoxy) is 1. The first kappa shape index (κ1) is 24.1. The summed E-state index contributed by atoms with van der Waals surface area (Å²) in [4.78, 5) is 23.4. The quantitative estimate of drug-likeness (QED) is 0.369. The number of rotatable bonds is 9. The molecule has 0 aliphatic rings. The SMILES string of the molecule is CCN(CC)S(=O)(=O)c1ccc(OC(C)C(=O)Nc2cccc3ccccc23)c([N+](=O)[O-])c1. The van der Waals surface area contributed by atoms with E-state index in [1.54, 1.807) is 19.9 Å². The largest absolute Gasteiger partial charge is 0.474 e. The zero-order valence-corrected chi connectivity index (χ0v) is 19.3. The average molecular weight is 472 g/mol. The molecule has 0 fully saturated rings. The summed E-state index contributed by atoms with van der Waals surface area (Å²) in [6, 6.07) is 16.4. The number of hydrogen-bond acceptors (Lipinski definition) is 6. The van der Waals surface area contributed by atoms with Crippen molar-refractivity contribution in [1.82, 2.24) is 4.31 Å². The predicted octanol–water partition coefficient (Wildman–Crippen LogP) is 4.18. The molecule has 9 nitrogen and oxygen atoms in total. The molecular weight excluding hydrogens is 446 g/mol. The van der Waals surface area contributed by atoms with E-state index in [1.807, 2.05) is 36.4 Å². The Morgan fingerprint density at radius 2 is 1.76 bits per heavy atom. The summed E-state index contributed by atoms with van der Waals surface area (Å²) < 4.78 is 32.2. The van der Waals surface area contributed by atoms with Gasteiger partial charge in [-0.05, 0) is 30.5 Å². The number of nitro benzene ring substituents is 1. The molecule has 0 saturated heterocycles. The van der Waals surface area contributed by atoms with Gasteiger partial charge in [-0.2, -0.15) is 4.31 Å². The van der Waals surface area contributed by atoms with Crippen LogP contribution < -0.4 is 10.1 Å². The summed E-state index contributed by atoms with van der Waals surface area (Å²) in [5.41, 5.74) is 0.0526. The van der Waals surface area contributed by atoms with Gasteiger partial charge in [-0.1, -0.05) is 50.2 Å². The van der Waals surface area contributed by atoms with E-state index in [9.17, 15) is 23.3 Å². The van der Waals surface area contributed by atoms with Gasteiger partial charge in [0.1, 0.15) is 0 Å². The maximum atomic E-state index is 12.7. The highest BCUT2D eigenvalue weighted by molar-refractivity contribution is 7.89. The second-order valence-electron chi connectivity index (χ2n) is 7.25. The Hall–Kier alpha value is -3.50. The van der Waals surface area contributed by atoms with Gasteiger partial charge in [0.2, 0.25) is 10.0 Å². The Balaban J connectivity index is 1.84. The van der Waals surface area contributed by atoms with Gasteiger partial charge in [0, 0.05) is 30.2 Å². The third kappa shape index (κ3) is 5.12. The fraction of sp³-hybridized carbons (Fsp3) is 0.261. The number of anilines is 1. The minimum Gasteiger partial charge on any atom is -0.474 e. The third-order valence-electron chi connectivity index (χ3n) is 5.19. The Morgan fingerprint density at radius 1 is 1.09 bits per heavy atom. The van der Waals surface area contributed by atoms with Crippen molar-refractivity contribution in [2.24, 2.45) is 0 Å². The topological polar surface area (TPSA) is 119 Å². The van der Waals surface area contributed by atoms with E-state index in [2.05, 4.69) is 5.32 Å². The number of carbonyl (C=O) groups is 1. The predicted molar refractivity (Wildman–Crippen MR) is 126 cm³/mol. The molecule has 1 atom stereocenters. The van der Waals surface area contributed by atoms with Gasteiger partial charge in [0.15, 0.2) is 11.9 Å². The first-order chi connectivity index (χ1) is 15.7. The number of nitrogens with zero attached hydrogens (tertiary/aromatic N) is 2. The molecule has 1 amide bonds. The first-order valence-corrected chi connectivity index (χ1v) is 11.9. The van der Waals surface area contributed by atoms with Crippen molar-refractivity contribution in [3.63, 3.8) is 0 Å². The molecule has 3 aromatic carbocycles. The van der Waals surface area contributed by atoms with E-state index in [0.29, 0.717) is 5.69 Å². The number of fused-ring (bicyclic) bond motifs is 1. The van der Waals surface area contributed by atoms with Gasteiger partial charge in [0.25, 0.3) is 5.91 Å². The Morgan fingerprint density at radius 3 is 2.42 bits per heavy atom. The minimum absolute atomic E-state index is 0.195. The van der Waals surface area contributed by atoms with Crippen molar-refractivity contribution in [2.45, 2.75) is 31.8 Å². The number of hydrogen-bond donors (Lipinski definition) is 1. The standard InChI is InChI=1S/C23H25N3O6S/c1-4-25(5-2)33(30,31)18-13-14-22(21(15-18)26(28)29)32-16(3)23(27)24-20-12-8-10-17-9-6-7-11-19(17)20/h6-16H,4-5H2,1-3H3,(H,24,27). The highest BCUT2D eigenvalue weighted by Gasteiger charge is 2.28. The Bertz CT molecular complexity index is 1280. The second kappa shape index (κ2) is 9.97. The van der Waals surface area contributed by atoms with Crippen molar-refractivity contribution < 1.29 is 22.9 Å². The molecule has 0 aromatic heterocycles. The summed E-state index contributed by atoms with van der Waals surface area (Å²) in [5, 5.41) is 16.2. The van der Waals surface area contributed by atoms with Gasteiger partial charge in [0.05, 0.1) is 9.82 Å². The molecular formula is C23H25N3O6S. The lowest BCUT2D eigenvalue weighted by atomic mass is 10.1. The normalized spacial score (nSPS) is 12.5. The van der Waals surface area contributed by atoms with Crippen LogP contribution in [-0.4, -0.2) is 42.7 Å². The number of nitro groups is 1. The zero-order valence-electron chi connectivity index (χ0n) is 18.5. The third-order valence-corrected chi connectivity index (χ3v) is 7.24. The van der Waals surface area contributed by atoms with E-state index in [0.717, 1.165) is 16.8 Å². The van der Waals surface area contributed by atoms with Crippen molar-refractivity contribution in [3.8, 4) is 5.75 Å². The van der Waals surface area contributed by atoms with Gasteiger partial charge < -0.3 is 10.1 Å². The molecule has 0 radical (unpaired) electrons. The second-order valence-corrected chi connectivity index (χ2v) is 9.19. The van der Waals surface area contributed by atoms with Gasteiger partial charge in [-0.3, -0.25) is 14.9 Å². The summed E-state index contributed by atoms with van der Waals surface area (Å²) in [6.07, 6.45) is -1.08. The molecule has 1 N–H and O–H groups in total. The molecule has 0 spiro atoms. The van der Waals surface area contributed by atoms with E-state index in [-0.39, 0.29) is 23.7 Å². The van der Waals surface area contributed by atoms with Crippen molar-refractivity contribution in [1.29, 1.82) is 0 Å². The molecule has 174 valence electrons. The molecule has 0 aliphatic carbocycles. The highest BCUT2D eigenvalue weighted by Crippen LogP contribution is 2.32. The van der Waals surface area contributed by atoms with Crippen LogP contribution in [0.1, 0.15) is 20.8 Å². The van der Waals surface area contributed by atoms with Crippen molar-refractivity contribution >= 4 is 38.1 Å². The van der Waals surface area contributed by atoms with Gasteiger partial charge in [-0.25, -0.2) is 8.42 Å². The molecule has 33 heavy (non-hydrogen) atoms. The van der Waals surface area contributed by atoms with Crippen LogP contribution >= 0.6 is 0 Å². The molecule has 0 heterocycles. The summed E-state index contributed by atoms with van der Waals surface area (Å²) in [5.74, 6) is -0.695. The molecule has 3 rings (SSSR count). The average Bonchev–Trinajstić information content (AvgIpc) is 2.79. The summed E-state index contributed by atoms with van der Waals surface area (Å²) >= 11 is 0. The molecule has 3 aromatic rings. The van der Waals surface area contributed by atoms with Crippen LogP contribution in [0.15, 0.2) is 65.6 Å². The van der Waals surface area contributed by atoms with Crippen molar-refractivity contribution in [3.05, 3.63) is 70.8 Å². The van der Waals surface area contributed by atoms with Crippen LogP contribution in [-0.2, 0) is 14.8 Å². The van der Waals surface area contributed by atoms with Crippen LogP contribution in [0.5, 0.6) is 5.75 Å². The van der Waals surface area contributed by atoms with Crippen molar-refractivity contribution in [2.75, 3.05) is 18.4 Å². The van der Waals surface area contributed by atoms with E-state index >= 15 is 0 Å². The lowest BCUT2D eigenvalue weighted by molar-refractivity contribution is -0.386. The Labute approximate surface area is 192 Å². The fourth-order valence-electron chi connectivity index (χ4n) is 3.43. The first-order valence-electron chi connectivity index (χ1n) is 10.4. The van der Waals surface area contributed by atoms with E-state index in [1.165, 1.54) is 23.4 Å². The van der Waals surface area contributed by atoms with Gasteiger partial charge in [-0.15, -0.1) is 0 Å². The zero-order chi connectivity index (χ0) is 24.2. The lowest BCUT2D eigenvalue weighted by Crippen LogP contribution is -2.31. The maximum Gasteiger partial charge on any atom is 0.312 e. The monoisotopic (exact) mass is 471 g/mol. The molecule has 0 bridgehead atoms. The number of carbonyl (C=O) groups excluding carboxylic acids is 1. The molecule has 10 heteroatoms. The van der Waals surface area contributed by atoms with E-state index < -0.39 is 32.6 Å². The maximum absolute atomic E-state index is 12.7. The summed E-state index contributed by atoms with van der Waals surface area (Å²) in [7, 11) is -3.89. The smallest absolute Gasteiger partial charge is 0.312 e. The van der Waals surface area contributed by atoms with Crippen LogP contribution in [0.4, 0.5) is 11.4 Å². The number of sulfonamides is 1. The number of nitrogens with one attached hydrogen (secondary N) is 1. The Kier molecular flexibility index (Phi) is 7.29. The van der Waals surface area contributed by atoms with E-state index in [4.69, 9.17) is 4.74 Å². The van der Waals surface area contributed by atoms with Crippen LogP contribution in [0.25, 0.3) is 10.8 Å². The van der Waals surface area contributed by atoms with Crippen LogP contribution in [0.3, 0.4) is 0 Å². The fourth-order valence-corrected chi connectivity index (χ4v) is 4.90. The molecule has 0 aliphatic heterocycles. The highest BCUT2D eigenvalue weighted by atomic mass is 32.2. The minimum atomic E-state index is -3.89. The van der Waals surface area contributed by atoms with Crippen LogP contribution in [0.2, 0.25) is 0 Å².